The fraction of sp³-hybridized carbons (Fsp3) is 0.692. The van der Waals surface area contributed by atoms with Crippen LogP contribution in [0.3, 0.4) is 0 Å². The van der Waals surface area contributed by atoms with E-state index >= 15 is 0 Å². The van der Waals surface area contributed by atoms with Gasteiger partial charge in [-0.2, -0.15) is 0 Å². The van der Waals surface area contributed by atoms with Crippen molar-refractivity contribution in [2.24, 2.45) is 5.84 Å². The second-order valence-corrected chi connectivity index (χ2v) is 4.65. The van der Waals surface area contributed by atoms with Crippen molar-refractivity contribution in [2.45, 2.75) is 33.5 Å². The summed E-state index contributed by atoms with van der Waals surface area (Å²) in [7, 11) is 1.96. The summed E-state index contributed by atoms with van der Waals surface area (Å²) >= 11 is 0. The number of hydrazine groups is 1. The van der Waals surface area contributed by atoms with E-state index in [-0.39, 0.29) is 6.10 Å². The molecule has 0 spiro atoms. The molecule has 0 unspecified atom stereocenters. The van der Waals surface area contributed by atoms with Crippen LogP contribution in [0.2, 0.25) is 0 Å². The molecular formula is C13H25N5O2. The van der Waals surface area contributed by atoms with Gasteiger partial charge < -0.3 is 19.8 Å². The molecule has 0 aromatic carbocycles. The first kappa shape index (κ1) is 16.6. The van der Waals surface area contributed by atoms with Crippen LogP contribution >= 0.6 is 0 Å². The van der Waals surface area contributed by atoms with Crippen LogP contribution in [0.15, 0.2) is 6.07 Å². The zero-order valence-corrected chi connectivity index (χ0v) is 12.7. The second kappa shape index (κ2) is 8.68. The standard InChI is InChI=1S/C13H25N5O2/c1-5-19-9-12-15-11(17-14)8-13(16-12)18(4)6-7-20-10(2)3/h8,10H,5-7,9,14H2,1-4H3,(H,15,16,17). The summed E-state index contributed by atoms with van der Waals surface area (Å²) in [4.78, 5) is 10.7. The van der Waals surface area contributed by atoms with Gasteiger partial charge in [-0.05, 0) is 20.8 Å². The van der Waals surface area contributed by atoms with E-state index in [2.05, 4.69) is 15.4 Å². The van der Waals surface area contributed by atoms with Crippen molar-refractivity contribution in [3.8, 4) is 0 Å². The predicted octanol–water partition coefficient (Wildman–Crippen LogP) is 1.16. The molecule has 0 bridgehead atoms. The molecule has 0 aliphatic carbocycles. The zero-order chi connectivity index (χ0) is 15.0. The van der Waals surface area contributed by atoms with Crippen LogP contribution in [0.25, 0.3) is 0 Å². The molecule has 0 radical (unpaired) electrons. The molecule has 114 valence electrons. The van der Waals surface area contributed by atoms with Crippen molar-refractivity contribution in [3.05, 3.63) is 11.9 Å². The minimum Gasteiger partial charge on any atom is -0.377 e. The summed E-state index contributed by atoms with van der Waals surface area (Å²) in [6.07, 6.45) is 0.226. The van der Waals surface area contributed by atoms with Gasteiger partial charge in [-0.15, -0.1) is 0 Å². The molecule has 20 heavy (non-hydrogen) atoms. The molecule has 0 aliphatic rings. The predicted molar refractivity (Wildman–Crippen MR) is 79.5 cm³/mol. The third-order valence-electron chi connectivity index (χ3n) is 2.61. The Hall–Kier alpha value is -1.44. The fourth-order valence-corrected chi connectivity index (χ4v) is 1.55. The Balaban J connectivity index is 2.70. The summed E-state index contributed by atoms with van der Waals surface area (Å²) < 4.78 is 10.9. The molecule has 1 heterocycles. The largest absolute Gasteiger partial charge is 0.377 e. The van der Waals surface area contributed by atoms with Crippen molar-refractivity contribution in [1.82, 2.24) is 9.97 Å². The lowest BCUT2D eigenvalue weighted by molar-refractivity contribution is 0.0845. The number of ether oxygens (including phenoxy) is 2. The first-order valence-electron chi connectivity index (χ1n) is 6.81. The van der Waals surface area contributed by atoms with Crippen LogP contribution in [0, 0.1) is 0 Å². The van der Waals surface area contributed by atoms with Gasteiger partial charge in [-0.3, -0.25) is 0 Å². The lowest BCUT2D eigenvalue weighted by atomic mass is 10.4. The number of nitrogens with zero attached hydrogens (tertiary/aromatic N) is 3. The Bertz CT molecular complexity index is 400. The van der Waals surface area contributed by atoms with E-state index in [1.165, 1.54) is 0 Å². The molecule has 1 aromatic heterocycles. The average molecular weight is 283 g/mol. The van der Waals surface area contributed by atoms with Crippen LogP contribution in [0.4, 0.5) is 11.6 Å². The van der Waals surface area contributed by atoms with Gasteiger partial charge >= 0.3 is 0 Å². The normalized spacial score (nSPS) is 10.9. The molecule has 0 amide bonds. The number of aromatic nitrogens is 2. The summed E-state index contributed by atoms with van der Waals surface area (Å²) in [5.74, 6) is 7.40. The third-order valence-corrected chi connectivity index (χ3v) is 2.61. The summed E-state index contributed by atoms with van der Waals surface area (Å²) in [5, 5.41) is 0. The number of rotatable bonds is 9. The monoisotopic (exact) mass is 283 g/mol. The van der Waals surface area contributed by atoms with Crippen LogP contribution in [-0.4, -0.2) is 42.9 Å². The van der Waals surface area contributed by atoms with Crippen LogP contribution < -0.4 is 16.2 Å². The highest BCUT2D eigenvalue weighted by Crippen LogP contribution is 2.14. The van der Waals surface area contributed by atoms with Crippen LogP contribution in [-0.2, 0) is 16.1 Å². The minimum atomic E-state index is 0.226. The Labute approximate surface area is 120 Å². The lowest BCUT2D eigenvalue weighted by Gasteiger charge is -2.20. The van der Waals surface area contributed by atoms with E-state index in [1.54, 1.807) is 6.07 Å². The first-order chi connectivity index (χ1) is 9.56. The topological polar surface area (TPSA) is 85.5 Å². The number of hydrogen-bond acceptors (Lipinski definition) is 7. The van der Waals surface area contributed by atoms with Gasteiger partial charge in [-0.25, -0.2) is 15.8 Å². The van der Waals surface area contributed by atoms with Crippen molar-refractivity contribution in [2.75, 3.05) is 37.1 Å². The molecule has 0 fully saturated rings. The van der Waals surface area contributed by atoms with Crippen molar-refractivity contribution >= 4 is 11.6 Å². The highest BCUT2D eigenvalue weighted by atomic mass is 16.5. The maximum absolute atomic E-state index is 5.54. The Morgan fingerprint density at radius 3 is 2.75 bits per heavy atom. The SMILES string of the molecule is CCOCc1nc(NN)cc(N(C)CCOC(C)C)n1. The lowest BCUT2D eigenvalue weighted by Crippen LogP contribution is -2.25. The van der Waals surface area contributed by atoms with E-state index in [0.29, 0.717) is 31.5 Å². The van der Waals surface area contributed by atoms with Gasteiger partial charge in [0.1, 0.15) is 18.2 Å². The molecule has 0 saturated heterocycles. The third kappa shape index (κ3) is 5.68. The van der Waals surface area contributed by atoms with Gasteiger partial charge in [0.2, 0.25) is 0 Å². The quantitative estimate of drug-likeness (QED) is 0.519. The minimum absolute atomic E-state index is 0.226. The van der Waals surface area contributed by atoms with Gasteiger partial charge in [-0.1, -0.05) is 0 Å². The van der Waals surface area contributed by atoms with E-state index in [1.807, 2.05) is 32.7 Å². The Morgan fingerprint density at radius 2 is 2.15 bits per heavy atom. The van der Waals surface area contributed by atoms with Crippen molar-refractivity contribution in [1.29, 1.82) is 0 Å². The smallest absolute Gasteiger partial charge is 0.158 e. The number of nitrogens with two attached hydrogens (primary N) is 1. The maximum atomic E-state index is 5.54. The van der Waals surface area contributed by atoms with E-state index in [9.17, 15) is 0 Å². The molecule has 3 N–H and O–H groups in total. The highest BCUT2D eigenvalue weighted by molar-refractivity contribution is 5.48. The van der Waals surface area contributed by atoms with Crippen LogP contribution in [0.5, 0.6) is 0 Å². The molecule has 0 aliphatic heterocycles. The number of nitrogen functional groups attached to an aromatic ring is 1. The van der Waals surface area contributed by atoms with Gasteiger partial charge in [0.25, 0.3) is 0 Å². The molecule has 1 rings (SSSR count). The Kier molecular flexibility index (Phi) is 7.21. The summed E-state index contributed by atoms with van der Waals surface area (Å²) in [6.45, 7) is 8.34. The van der Waals surface area contributed by atoms with Crippen LogP contribution in [0.1, 0.15) is 26.6 Å². The summed E-state index contributed by atoms with van der Waals surface area (Å²) in [6, 6.07) is 1.80. The molecule has 7 heteroatoms. The second-order valence-electron chi connectivity index (χ2n) is 4.65. The number of likely N-dealkylation sites (N-methyl/N-ethyl adjacent to an activating group) is 1. The van der Waals surface area contributed by atoms with E-state index in [4.69, 9.17) is 15.3 Å². The fourth-order valence-electron chi connectivity index (χ4n) is 1.55. The van der Waals surface area contributed by atoms with Gasteiger partial charge in [0, 0.05) is 26.3 Å². The first-order valence-corrected chi connectivity index (χ1v) is 6.81. The molecule has 0 saturated carbocycles. The average Bonchev–Trinajstić information content (AvgIpc) is 2.44. The van der Waals surface area contributed by atoms with Crippen molar-refractivity contribution in [3.63, 3.8) is 0 Å². The zero-order valence-electron chi connectivity index (χ0n) is 12.7. The van der Waals surface area contributed by atoms with Gasteiger partial charge in [0.05, 0.1) is 12.7 Å². The van der Waals surface area contributed by atoms with Gasteiger partial charge in [0.15, 0.2) is 5.82 Å². The molecule has 7 nitrogen and oxygen atoms in total. The van der Waals surface area contributed by atoms with E-state index < -0.39 is 0 Å². The number of nitrogens with one attached hydrogen (secondary N) is 1. The highest BCUT2D eigenvalue weighted by Gasteiger charge is 2.08. The maximum Gasteiger partial charge on any atom is 0.158 e. The number of anilines is 2. The molecular weight excluding hydrogens is 258 g/mol. The molecule has 1 aromatic rings. The number of hydrogen-bond donors (Lipinski definition) is 2. The molecule has 0 atom stereocenters. The Morgan fingerprint density at radius 1 is 1.40 bits per heavy atom. The van der Waals surface area contributed by atoms with Crippen molar-refractivity contribution < 1.29 is 9.47 Å². The van der Waals surface area contributed by atoms with E-state index in [0.717, 1.165) is 12.4 Å². The summed E-state index contributed by atoms with van der Waals surface area (Å²) in [5.41, 5.74) is 2.55.